The first kappa shape index (κ1) is 26.7. The first-order valence-electron chi connectivity index (χ1n) is 11.6. The largest absolute Gasteiger partial charge is 0.493 e. The van der Waals surface area contributed by atoms with E-state index in [0.717, 1.165) is 24.5 Å². The summed E-state index contributed by atoms with van der Waals surface area (Å²) in [5.74, 6) is 0.859. The molecule has 2 aromatic rings. The highest BCUT2D eigenvalue weighted by Crippen LogP contribution is 2.31. The Kier molecular flexibility index (Phi) is 8.92. The molecule has 2 N–H and O–H groups in total. The van der Waals surface area contributed by atoms with Gasteiger partial charge in [-0.2, -0.15) is 4.31 Å². The van der Waals surface area contributed by atoms with E-state index < -0.39 is 10.0 Å². The van der Waals surface area contributed by atoms with Gasteiger partial charge < -0.3 is 25.0 Å². The number of nitrogens with zero attached hydrogens (tertiary/aromatic N) is 3. The third kappa shape index (κ3) is 6.83. The molecule has 10 nitrogen and oxygen atoms in total. The van der Waals surface area contributed by atoms with Gasteiger partial charge in [0, 0.05) is 49.3 Å². The van der Waals surface area contributed by atoms with Crippen LogP contribution in [0.4, 0.5) is 10.5 Å². The lowest BCUT2D eigenvalue weighted by Crippen LogP contribution is -2.47. The Bertz CT molecular complexity index is 1110. The average Bonchev–Trinajstić information content (AvgIpc) is 2.82. The van der Waals surface area contributed by atoms with Crippen molar-refractivity contribution in [2.24, 2.45) is 0 Å². The monoisotopic (exact) mass is 505 g/mol. The van der Waals surface area contributed by atoms with E-state index >= 15 is 0 Å². The molecule has 35 heavy (non-hydrogen) atoms. The van der Waals surface area contributed by atoms with Crippen LogP contribution in [0.15, 0.2) is 35.2 Å². The number of rotatable bonds is 9. The van der Waals surface area contributed by atoms with Crippen LogP contribution in [0.3, 0.4) is 0 Å². The van der Waals surface area contributed by atoms with Gasteiger partial charge in [0.25, 0.3) is 0 Å². The smallest absolute Gasteiger partial charge is 0.319 e. The lowest BCUT2D eigenvalue weighted by Gasteiger charge is -2.36. The zero-order chi connectivity index (χ0) is 25.6. The third-order valence-electron chi connectivity index (χ3n) is 6.16. The maximum absolute atomic E-state index is 13.2. The molecule has 192 valence electrons. The van der Waals surface area contributed by atoms with Gasteiger partial charge in [0.15, 0.2) is 11.5 Å². The highest BCUT2D eigenvalue weighted by atomic mass is 32.2. The Morgan fingerprint density at radius 2 is 1.71 bits per heavy atom. The molecule has 1 aromatic carbocycles. The van der Waals surface area contributed by atoms with E-state index in [1.807, 2.05) is 26.0 Å². The SMILES string of the molecule is COc1ccc(S(=O)(=O)N(C)C2CCN(CCNC(=O)Nc3cc(C)nc(C)c3)CC2)cc1OC. The van der Waals surface area contributed by atoms with E-state index in [0.29, 0.717) is 43.1 Å². The Balaban J connectivity index is 1.47. The number of sulfonamides is 1. The topological polar surface area (TPSA) is 113 Å². The van der Waals surface area contributed by atoms with Crippen molar-refractivity contribution in [3.05, 3.63) is 41.7 Å². The molecule has 2 heterocycles. The summed E-state index contributed by atoms with van der Waals surface area (Å²) in [4.78, 5) is 18.9. The number of urea groups is 1. The minimum atomic E-state index is -3.67. The molecule has 3 rings (SSSR count). The number of methoxy groups -OCH3 is 2. The van der Waals surface area contributed by atoms with Crippen LogP contribution < -0.4 is 20.1 Å². The number of carbonyl (C=O) groups is 1. The van der Waals surface area contributed by atoms with Gasteiger partial charge in [-0.25, -0.2) is 13.2 Å². The number of carbonyl (C=O) groups excluding carboxylic acids is 1. The zero-order valence-electron chi connectivity index (χ0n) is 21.0. The van der Waals surface area contributed by atoms with E-state index in [-0.39, 0.29) is 17.0 Å². The number of likely N-dealkylation sites (tertiary alicyclic amines) is 1. The summed E-state index contributed by atoms with van der Waals surface area (Å²) >= 11 is 0. The maximum atomic E-state index is 13.2. The fourth-order valence-electron chi connectivity index (χ4n) is 4.26. The van der Waals surface area contributed by atoms with Gasteiger partial charge >= 0.3 is 6.03 Å². The number of anilines is 1. The summed E-state index contributed by atoms with van der Waals surface area (Å²) in [6.07, 6.45) is 1.43. The quantitative estimate of drug-likeness (QED) is 0.539. The molecule has 0 radical (unpaired) electrons. The van der Waals surface area contributed by atoms with E-state index in [1.165, 1.54) is 30.7 Å². The van der Waals surface area contributed by atoms with E-state index in [2.05, 4.69) is 20.5 Å². The Morgan fingerprint density at radius 3 is 2.31 bits per heavy atom. The minimum absolute atomic E-state index is 0.0984. The van der Waals surface area contributed by atoms with Crippen LogP contribution in [0.1, 0.15) is 24.2 Å². The van der Waals surface area contributed by atoms with Gasteiger partial charge in [-0.15, -0.1) is 0 Å². The van der Waals surface area contributed by atoms with Crippen LogP contribution in [-0.4, -0.2) is 82.1 Å². The summed E-state index contributed by atoms with van der Waals surface area (Å²) in [7, 11) is 0.947. The molecule has 1 aromatic heterocycles. The molecule has 0 atom stereocenters. The van der Waals surface area contributed by atoms with E-state index in [1.54, 1.807) is 13.1 Å². The first-order valence-corrected chi connectivity index (χ1v) is 13.0. The van der Waals surface area contributed by atoms with Gasteiger partial charge in [-0.1, -0.05) is 0 Å². The van der Waals surface area contributed by atoms with Gasteiger partial charge in [0.05, 0.1) is 19.1 Å². The Hall–Kier alpha value is -2.89. The standard InChI is InChI=1S/C24H35N5O5S/c1-17-14-19(15-18(2)26-17)27-24(30)25-10-13-29-11-8-20(9-12-29)28(3)35(31,32)21-6-7-22(33-4)23(16-21)34-5/h6-7,14-16,20H,8-13H2,1-5H3,(H2,25,26,27,30). The van der Waals surface area contributed by atoms with Crippen molar-refractivity contribution in [3.63, 3.8) is 0 Å². The van der Waals surface area contributed by atoms with Crippen LogP contribution >= 0.6 is 0 Å². The summed E-state index contributed by atoms with van der Waals surface area (Å²) in [6.45, 7) is 6.47. The van der Waals surface area contributed by atoms with E-state index in [9.17, 15) is 13.2 Å². The number of hydrogen-bond acceptors (Lipinski definition) is 7. The molecule has 0 unspecified atom stereocenters. The maximum Gasteiger partial charge on any atom is 0.319 e. The van der Waals surface area contributed by atoms with Gasteiger partial charge in [0.1, 0.15) is 0 Å². The second-order valence-electron chi connectivity index (χ2n) is 8.63. The molecule has 2 amide bonds. The zero-order valence-corrected chi connectivity index (χ0v) is 21.8. The molecule has 0 bridgehead atoms. The van der Waals surface area contributed by atoms with Gasteiger partial charge in [-0.05, 0) is 64.0 Å². The van der Waals surface area contributed by atoms with Crippen LogP contribution in [0.25, 0.3) is 0 Å². The number of amides is 2. The van der Waals surface area contributed by atoms with Gasteiger partial charge in [0.2, 0.25) is 10.0 Å². The number of ether oxygens (including phenoxy) is 2. The van der Waals surface area contributed by atoms with Crippen molar-refractivity contribution in [1.29, 1.82) is 0 Å². The summed E-state index contributed by atoms with van der Waals surface area (Å²) in [5, 5.41) is 5.71. The molecular formula is C24H35N5O5S. The Labute approximate surface area is 207 Å². The number of aromatic nitrogens is 1. The Morgan fingerprint density at radius 1 is 1.09 bits per heavy atom. The number of aryl methyl sites for hydroxylation is 2. The van der Waals surface area contributed by atoms with Gasteiger partial charge in [-0.3, -0.25) is 4.98 Å². The highest BCUT2D eigenvalue weighted by Gasteiger charge is 2.31. The fraction of sp³-hybridized carbons (Fsp3) is 0.500. The molecule has 1 fully saturated rings. The van der Waals surface area contributed by atoms with Crippen LogP contribution in [0, 0.1) is 13.8 Å². The number of piperidine rings is 1. The molecule has 0 saturated carbocycles. The van der Waals surface area contributed by atoms with Crippen LogP contribution in [0.2, 0.25) is 0 Å². The predicted octanol–water partition coefficient (Wildman–Crippen LogP) is 2.62. The van der Waals surface area contributed by atoms with Crippen molar-refractivity contribution in [2.45, 2.75) is 37.6 Å². The lowest BCUT2D eigenvalue weighted by molar-refractivity contribution is 0.170. The second-order valence-corrected chi connectivity index (χ2v) is 10.6. The number of nitrogens with one attached hydrogen (secondary N) is 2. The first-order chi connectivity index (χ1) is 16.6. The average molecular weight is 506 g/mol. The van der Waals surface area contributed by atoms with Crippen molar-refractivity contribution in [3.8, 4) is 11.5 Å². The van der Waals surface area contributed by atoms with Crippen molar-refractivity contribution < 1.29 is 22.7 Å². The minimum Gasteiger partial charge on any atom is -0.493 e. The van der Waals surface area contributed by atoms with Crippen molar-refractivity contribution in [2.75, 3.05) is 52.8 Å². The lowest BCUT2D eigenvalue weighted by atomic mass is 10.1. The van der Waals surface area contributed by atoms with Crippen LogP contribution in [-0.2, 0) is 10.0 Å². The molecule has 11 heteroatoms. The number of pyridine rings is 1. The molecule has 0 spiro atoms. The summed E-state index contributed by atoms with van der Waals surface area (Å²) in [6, 6.07) is 7.92. The third-order valence-corrected chi connectivity index (χ3v) is 8.06. The highest BCUT2D eigenvalue weighted by molar-refractivity contribution is 7.89. The molecular weight excluding hydrogens is 470 g/mol. The molecule has 1 saturated heterocycles. The van der Waals surface area contributed by atoms with Crippen molar-refractivity contribution >= 4 is 21.7 Å². The molecule has 0 aliphatic carbocycles. The second kappa shape index (κ2) is 11.7. The molecule has 1 aliphatic rings. The number of hydrogen-bond donors (Lipinski definition) is 2. The fourth-order valence-corrected chi connectivity index (χ4v) is 5.69. The number of benzene rings is 1. The van der Waals surface area contributed by atoms with Crippen LogP contribution in [0.5, 0.6) is 11.5 Å². The van der Waals surface area contributed by atoms with E-state index in [4.69, 9.17) is 9.47 Å². The summed E-state index contributed by atoms with van der Waals surface area (Å²) in [5.41, 5.74) is 2.41. The predicted molar refractivity (Wildman–Crippen MR) is 135 cm³/mol. The normalized spacial score (nSPS) is 15.1. The summed E-state index contributed by atoms with van der Waals surface area (Å²) < 4.78 is 38.3. The molecule has 1 aliphatic heterocycles. The van der Waals surface area contributed by atoms with Crippen molar-refractivity contribution in [1.82, 2.24) is 19.5 Å².